The summed E-state index contributed by atoms with van der Waals surface area (Å²) in [6.07, 6.45) is 2.77. The molecule has 48 heavy (non-hydrogen) atoms. The van der Waals surface area contributed by atoms with Crippen molar-refractivity contribution >= 4 is 55.2 Å². The number of halogens is 3. The Hall–Kier alpha value is -4.49. The highest BCUT2D eigenvalue weighted by atomic mass is 35.5. The molecule has 0 spiro atoms. The molecule has 0 aliphatic heterocycles. The summed E-state index contributed by atoms with van der Waals surface area (Å²) in [6.45, 7) is 1.13. The molecule has 0 bridgehead atoms. The van der Waals surface area contributed by atoms with E-state index in [2.05, 4.69) is 25.6 Å². The third kappa shape index (κ3) is 8.32. The molecule has 8 nitrogen and oxygen atoms in total. The molecule has 4 aromatic carbocycles. The molecule has 13 heteroatoms. The van der Waals surface area contributed by atoms with Crippen LogP contribution >= 0.6 is 22.9 Å². The van der Waals surface area contributed by atoms with Crippen molar-refractivity contribution in [1.82, 2.24) is 20.3 Å². The number of anilines is 2. The van der Waals surface area contributed by atoms with Crippen LogP contribution in [0.3, 0.4) is 0 Å². The van der Waals surface area contributed by atoms with E-state index in [1.807, 2.05) is 5.38 Å². The average Bonchev–Trinajstić information content (AvgIpc) is 3.55. The normalized spacial score (nSPS) is 11.6. The van der Waals surface area contributed by atoms with Gasteiger partial charge in [-0.1, -0.05) is 41.9 Å². The molecule has 0 atom stereocenters. The van der Waals surface area contributed by atoms with Crippen molar-refractivity contribution in [2.45, 2.75) is 24.3 Å². The Morgan fingerprint density at radius 3 is 2.58 bits per heavy atom. The number of fused-ring (bicyclic) bond motifs is 1. The molecule has 0 fully saturated rings. The molecule has 6 rings (SSSR count). The van der Waals surface area contributed by atoms with Gasteiger partial charge < -0.3 is 15.4 Å². The molecule has 2 N–H and O–H groups in total. The molecular formula is C35H30ClF2N5O3S2. The number of ether oxygens (including phenoxy) is 1. The van der Waals surface area contributed by atoms with E-state index in [-0.39, 0.29) is 18.2 Å². The van der Waals surface area contributed by atoms with Gasteiger partial charge >= 0.3 is 0 Å². The maximum Gasteiger partial charge on any atom is 0.179 e. The van der Waals surface area contributed by atoms with E-state index in [0.29, 0.717) is 74.4 Å². The number of nitrogens with one attached hydrogen (secondary N) is 2. The monoisotopic (exact) mass is 705 g/mol. The number of aryl methyl sites for hydroxylation is 1. The lowest BCUT2D eigenvalue weighted by molar-refractivity contribution is 0.306. The first-order valence-corrected chi connectivity index (χ1v) is 18.0. The summed E-state index contributed by atoms with van der Waals surface area (Å²) in [7, 11) is -3.33. The lowest BCUT2D eigenvalue weighted by Crippen LogP contribution is -2.24. The van der Waals surface area contributed by atoms with Crippen LogP contribution in [0.1, 0.15) is 17.0 Å². The molecule has 0 amide bonds. The minimum Gasteiger partial charge on any atom is -0.487 e. The van der Waals surface area contributed by atoms with E-state index >= 15 is 4.39 Å². The molecule has 0 saturated carbocycles. The highest BCUT2D eigenvalue weighted by molar-refractivity contribution is 7.91. The molecule has 0 radical (unpaired) electrons. The molecule has 6 aromatic rings. The van der Waals surface area contributed by atoms with Gasteiger partial charge in [0.1, 0.15) is 36.1 Å². The van der Waals surface area contributed by atoms with E-state index < -0.39 is 15.7 Å². The van der Waals surface area contributed by atoms with Crippen molar-refractivity contribution in [1.29, 1.82) is 0 Å². The lowest BCUT2D eigenvalue weighted by Gasteiger charge is -2.12. The van der Waals surface area contributed by atoms with E-state index in [1.54, 1.807) is 66.7 Å². The number of thiazole rings is 1. The molecule has 2 heterocycles. The second-order valence-electron chi connectivity index (χ2n) is 10.9. The molecule has 0 saturated heterocycles. The first kappa shape index (κ1) is 33.4. The highest BCUT2D eigenvalue weighted by Gasteiger charge is 2.16. The maximum absolute atomic E-state index is 15.3. The van der Waals surface area contributed by atoms with Crippen molar-refractivity contribution in [3.8, 4) is 17.0 Å². The summed E-state index contributed by atoms with van der Waals surface area (Å²) < 4.78 is 59.4. The van der Waals surface area contributed by atoms with Gasteiger partial charge in [0, 0.05) is 41.0 Å². The lowest BCUT2D eigenvalue weighted by atomic mass is 10.1. The molecule has 2 aromatic heterocycles. The Bertz CT molecular complexity index is 2150. The average molecular weight is 706 g/mol. The van der Waals surface area contributed by atoms with Gasteiger partial charge in [-0.15, -0.1) is 11.3 Å². The molecular weight excluding hydrogens is 676 g/mol. The first-order valence-electron chi connectivity index (χ1n) is 15.1. The molecule has 0 aliphatic rings. The van der Waals surface area contributed by atoms with Gasteiger partial charge in [-0.05, 0) is 67.1 Å². The summed E-state index contributed by atoms with van der Waals surface area (Å²) in [6, 6.07) is 22.8. The van der Waals surface area contributed by atoms with E-state index in [4.69, 9.17) is 16.3 Å². The maximum atomic E-state index is 15.3. The standard InChI is InChI=1S/C35H30ClF2N5O3S2/c36-29-17-25(11-12-33(29)46-20-23-6-4-7-24(37)16-23)42-35-28-18-27(30(38)19-31(28)40-22-41-35)32-21-47-34(43-32)10-5-13-39-14-15-48(44,45)26-8-2-1-3-9-26/h1-4,6-9,11-12,16-19,21-22,39H,5,10,13-15,20H2,(H,40,41,42). The zero-order chi connectivity index (χ0) is 33.5. The summed E-state index contributed by atoms with van der Waals surface area (Å²) >= 11 is 7.93. The largest absolute Gasteiger partial charge is 0.487 e. The third-order valence-electron chi connectivity index (χ3n) is 7.42. The minimum absolute atomic E-state index is 0.0188. The van der Waals surface area contributed by atoms with Crippen molar-refractivity contribution in [2.75, 3.05) is 24.2 Å². The zero-order valence-electron chi connectivity index (χ0n) is 25.5. The summed E-state index contributed by atoms with van der Waals surface area (Å²) in [4.78, 5) is 13.6. The molecule has 0 unspecified atom stereocenters. The van der Waals surface area contributed by atoms with Gasteiger partial charge in [0.2, 0.25) is 0 Å². The third-order valence-corrected chi connectivity index (χ3v) is 10.4. The van der Waals surface area contributed by atoms with Gasteiger partial charge in [-0.2, -0.15) is 0 Å². The van der Waals surface area contributed by atoms with Crippen LogP contribution in [0.5, 0.6) is 5.75 Å². The van der Waals surface area contributed by atoms with Crippen molar-refractivity contribution in [3.63, 3.8) is 0 Å². The van der Waals surface area contributed by atoms with Crippen LogP contribution in [-0.4, -0.2) is 42.2 Å². The van der Waals surface area contributed by atoms with Crippen molar-refractivity contribution in [3.05, 3.63) is 124 Å². The van der Waals surface area contributed by atoms with Crippen LogP contribution in [0.2, 0.25) is 5.02 Å². The van der Waals surface area contributed by atoms with E-state index in [1.165, 1.54) is 35.9 Å². The Kier molecular flexibility index (Phi) is 10.6. The smallest absolute Gasteiger partial charge is 0.179 e. The van der Waals surface area contributed by atoms with Crippen LogP contribution in [0.25, 0.3) is 22.2 Å². The summed E-state index contributed by atoms with van der Waals surface area (Å²) in [5.74, 6) is 0.128. The number of aromatic nitrogens is 3. The van der Waals surface area contributed by atoms with Crippen LogP contribution < -0.4 is 15.4 Å². The number of sulfone groups is 1. The van der Waals surface area contributed by atoms with Gasteiger partial charge in [0.05, 0.1) is 31.9 Å². The van der Waals surface area contributed by atoms with Gasteiger partial charge in [0.15, 0.2) is 9.84 Å². The second-order valence-corrected chi connectivity index (χ2v) is 14.3. The SMILES string of the molecule is O=S(=O)(CCNCCCc1nc(-c2cc3c(Nc4ccc(OCc5cccc(F)c5)c(Cl)c4)ncnc3cc2F)cs1)c1ccccc1. The fourth-order valence-electron chi connectivity index (χ4n) is 4.98. The van der Waals surface area contributed by atoms with Gasteiger partial charge in [0.25, 0.3) is 0 Å². The highest BCUT2D eigenvalue weighted by Crippen LogP contribution is 2.34. The number of hydrogen-bond acceptors (Lipinski definition) is 9. The molecule has 246 valence electrons. The molecule has 0 aliphatic carbocycles. The van der Waals surface area contributed by atoms with Crippen LogP contribution in [0, 0.1) is 11.6 Å². The fraction of sp³-hybridized carbons (Fsp3) is 0.171. The predicted molar refractivity (Wildman–Crippen MR) is 186 cm³/mol. The van der Waals surface area contributed by atoms with Gasteiger partial charge in [-0.3, -0.25) is 0 Å². The minimum atomic E-state index is -3.33. The fourth-order valence-corrected chi connectivity index (χ4v) is 7.28. The number of rotatable bonds is 14. The topological polar surface area (TPSA) is 106 Å². The van der Waals surface area contributed by atoms with Crippen molar-refractivity contribution < 1.29 is 21.9 Å². The van der Waals surface area contributed by atoms with Crippen molar-refractivity contribution in [2.24, 2.45) is 0 Å². The Morgan fingerprint density at radius 1 is 0.917 bits per heavy atom. The zero-order valence-corrected chi connectivity index (χ0v) is 27.9. The Morgan fingerprint density at radius 2 is 1.77 bits per heavy atom. The number of nitrogens with zero attached hydrogens (tertiary/aromatic N) is 3. The quantitative estimate of drug-likeness (QED) is 0.110. The van der Waals surface area contributed by atoms with Crippen LogP contribution in [0.15, 0.2) is 102 Å². The van der Waals surface area contributed by atoms with E-state index in [9.17, 15) is 12.8 Å². The predicted octanol–water partition coefficient (Wildman–Crippen LogP) is 8.00. The Balaban J connectivity index is 1.08. The second kappa shape index (κ2) is 15.2. The van der Waals surface area contributed by atoms with Crippen LogP contribution in [-0.2, 0) is 22.9 Å². The Labute approximate surface area is 285 Å². The first-order chi connectivity index (χ1) is 23.2. The van der Waals surface area contributed by atoms with E-state index in [0.717, 1.165) is 11.4 Å². The summed E-state index contributed by atoms with van der Waals surface area (Å²) in [5, 5.41) is 10.0. The summed E-state index contributed by atoms with van der Waals surface area (Å²) in [5.41, 5.74) is 2.56. The van der Waals surface area contributed by atoms with Gasteiger partial charge in [-0.25, -0.2) is 32.2 Å². The van der Waals surface area contributed by atoms with Crippen LogP contribution in [0.4, 0.5) is 20.3 Å². The number of hydrogen-bond donors (Lipinski definition) is 2. The number of benzene rings is 4.